The Bertz CT molecular complexity index is 606. The number of thiophene rings is 2. The number of nitrogens with one attached hydrogen (secondary N) is 1. The van der Waals surface area contributed by atoms with Crippen LogP contribution in [0.5, 0.6) is 0 Å². The fourth-order valence-corrected chi connectivity index (χ4v) is 4.23. The number of rotatable bonds is 4. The molecule has 3 rings (SSSR count). The number of piperazine rings is 1. The van der Waals surface area contributed by atoms with Crippen molar-refractivity contribution in [1.82, 2.24) is 15.1 Å². The molecule has 2 aromatic rings. The maximum atomic E-state index is 12.1. The monoisotopic (exact) mass is 355 g/mol. The average Bonchev–Trinajstić information content (AvgIpc) is 3.17. The quantitative estimate of drug-likeness (QED) is 0.911. The second-order valence-electron chi connectivity index (χ2n) is 5.21. The molecule has 3 heterocycles. The van der Waals surface area contributed by atoms with Crippen molar-refractivity contribution in [2.45, 2.75) is 13.1 Å². The lowest BCUT2D eigenvalue weighted by atomic mass is 10.3. The zero-order chi connectivity index (χ0) is 15.4. The Labute approximate surface area is 143 Å². The maximum Gasteiger partial charge on any atom is 0.317 e. The number of hydrogen-bond donors (Lipinski definition) is 1. The van der Waals surface area contributed by atoms with E-state index in [0.717, 1.165) is 37.1 Å². The molecule has 118 valence electrons. The second kappa shape index (κ2) is 7.46. The van der Waals surface area contributed by atoms with Crippen molar-refractivity contribution in [2.75, 3.05) is 26.2 Å². The van der Waals surface area contributed by atoms with E-state index in [9.17, 15) is 4.79 Å². The first-order valence-corrected chi connectivity index (χ1v) is 9.30. The summed E-state index contributed by atoms with van der Waals surface area (Å²) in [6.45, 7) is 4.89. The lowest BCUT2D eigenvalue weighted by molar-refractivity contribution is 0.136. The molecular weight excluding hydrogens is 338 g/mol. The van der Waals surface area contributed by atoms with Crippen LogP contribution in [0.4, 0.5) is 4.79 Å². The minimum atomic E-state index is 0.0345. The fraction of sp³-hybridized carbons (Fsp3) is 0.400. The van der Waals surface area contributed by atoms with Gasteiger partial charge in [-0.05, 0) is 23.6 Å². The highest BCUT2D eigenvalue weighted by molar-refractivity contribution is 7.16. The zero-order valence-corrected chi connectivity index (χ0v) is 14.5. The summed E-state index contributed by atoms with van der Waals surface area (Å²) >= 11 is 9.25. The third-order valence-corrected chi connectivity index (χ3v) is 5.75. The van der Waals surface area contributed by atoms with E-state index in [1.165, 1.54) is 9.75 Å². The Morgan fingerprint density at radius 1 is 1.18 bits per heavy atom. The summed E-state index contributed by atoms with van der Waals surface area (Å²) in [6.07, 6.45) is 0. The fourth-order valence-electron chi connectivity index (χ4n) is 2.45. The van der Waals surface area contributed by atoms with Crippen LogP contribution < -0.4 is 5.32 Å². The van der Waals surface area contributed by atoms with Gasteiger partial charge in [-0.1, -0.05) is 17.7 Å². The van der Waals surface area contributed by atoms with E-state index in [4.69, 9.17) is 11.6 Å². The molecule has 1 N–H and O–H groups in total. The van der Waals surface area contributed by atoms with Gasteiger partial charge in [0.2, 0.25) is 0 Å². The molecule has 0 spiro atoms. The Hall–Kier alpha value is -1.08. The number of urea groups is 1. The minimum absolute atomic E-state index is 0.0345. The second-order valence-corrected chi connectivity index (χ2v) is 8.04. The number of hydrogen-bond acceptors (Lipinski definition) is 4. The van der Waals surface area contributed by atoms with Crippen molar-refractivity contribution in [3.8, 4) is 0 Å². The predicted molar refractivity (Wildman–Crippen MR) is 92.7 cm³/mol. The largest absolute Gasteiger partial charge is 0.333 e. The molecule has 1 saturated heterocycles. The van der Waals surface area contributed by atoms with Crippen LogP contribution in [0.25, 0.3) is 0 Å². The smallest absolute Gasteiger partial charge is 0.317 e. The predicted octanol–water partition coefficient (Wildman–Crippen LogP) is 3.49. The summed E-state index contributed by atoms with van der Waals surface area (Å²) in [5.74, 6) is 0. The standard InChI is InChI=1S/C15H18ClN3OS2/c16-14-4-3-13(22-14)11-18-5-7-19(8-6-18)15(20)17-10-12-2-1-9-21-12/h1-4,9H,5-8,10-11H2,(H,17,20). The van der Waals surface area contributed by atoms with Crippen molar-refractivity contribution in [2.24, 2.45) is 0 Å². The molecule has 0 aromatic carbocycles. The molecule has 4 nitrogen and oxygen atoms in total. The molecule has 0 unspecified atom stereocenters. The third-order valence-electron chi connectivity index (χ3n) is 3.66. The molecule has 0 aliphatic carbocycles. The Balaban J connectivity index is 1.42. The lowest BCUT2D eigenvalue weighted by Crippen LogP contribution is -2.51. The highest BCUT2D eigenvalue weighted by Crippen LogP contribution is 2.23. The van der Waals surface area contributed by atoms with Gasteiger partial charge in [0, 0.05) is 42.5 Å². The van der Waals surface area contributed by atoms with Crippen LogP contribution >= 0.6 is 34.3 Å². The topological polar surface area (TPSA) is 35.6 Å². The summed E-state index contributed by atoms with van der Waals surface area (Å²) in [4.78, 5) is 18.9. The van der Waals surface area contributed by atoms with Gasteiger partial charge in [0.25, 0.3) is 0 Å². The summed E-state index contributed by atoms with van der Waals surface area (Å²) in [6, 6.07) is 8.09. The van der Waals surface area contributed by atoms with E-state index < -0.39 is 0 Å². The first-order chi connectivity index (χ1) is 10.7. The Morgan fingerprint density at radius 2 is 2.00 bits per heavy atom. The highest BCUT2D eigenvalue weighted by atomic mass is 35.5. The van der Waals surface area contributed by atoms with E-state index in [1.807, 2.05) is 28.5 Å². The van der Waals surface area contributed by atoms with Gasteiger partial charge in [0.1, 0.15) is 0 Å². The van der Waals surface area contributed by atoms with Crippen molar-refractivity contribution in [3.05, 3.63) is 43.7 Å². The van der Waals surface area contributed by atoms with Crippen LogP contribution in [-0.4, -0.2) is 42.0 Å². The van der Waals surface area contributed by atoms with Gasteiger partial charge in [-0.15, -0.1) is 22.7 Å². The molecule has 1 fully saturated rings. The van der Waals surface area contributed by atoms with Crippen LogP contribution in [-0.2, 0) is 13.1 Å². The SMILES string of the molecule is O=C(NCc1cccs1)N1CCN(Cc2ccc(Cl)s2)CC1. The molecule has 1 aliphatic rings. The number of amides is 2. The van der Waals surface area contributed by atoms with E-state index in [-0.39, 0.29) is 6.03 Å². The van der Waals surface area contributed by atoms with Gasteiger partial charge in [-0.25, -0.2) is 4.79 Å². The van der Waals surface area contributed by atoms with E-state index in [2.05, 4.69) is 16.3 Å². The van der Waals surface area contributed by atoms with Crippen molar-refractivity contribution in [1.29, 1.82) is 0 Å². The van der Waals surface area contributed by atoms with Crippen LogP contribution in [0, 0.1) is 0 Å². The number of nitrogens with zero attached hydrogens (tertiary/aromatic N) is 2. The number of carbonyl (C=O) groups is 1. The van der Waals surface area contributed by atoms with Crippen LogP contribution in [0.2, 0.25) is 4.34 Å². The first kappa shape index (κ1) is 15.8. The molecule has 2 amide bonds. The van der Waals surface area contributed by atoms with Crippen molar-refractivity contribution < 1.29 is 4.79 Å². The Morgan fingerprint density at radius 3 is 2.64 bits per heavy atom. The zero-order valence-electron chi connectivity index (χ0n) is 12.1. The minimum Gasteiger partial charge on any atom is -0.333 e. The van der Waals surface area contributed by atoms with Gasteiger partial charge in [0.15, 0.2) is 0 Å². The molecular formula is C15H18ClN3OS2. The van der Waals surface area contributed by atoms with Gasteiger partial charge in [-0.2, -0.15) is 0 Å². The van der Waals surface area contributed by atoms with E-state index in [0.29, 0.717) is 6.54 Å². The van der Waals surface area contributed by atoms with E-state index in [1.54, 1.807) is 22.7 Å². The molecule has 22 heavy (non-hydrogen) atoms. The molecule has 2 aromatic heterocycles. The summed E-state index contributed by atoms with van der Waals surface area (Å²) in [7, 11) is 0. The van der Waals surface area contributed by atoms with Gasteiger partial charge in [0.05, 0.1) is 10.9 Å². The van der Waals surface area contributed by atoms with Gasteiger partial charge in [-0.3, -0.25) is 4.90 Å². The first-order valence-electron chi connectivity index (χ1n) is 7.22. The summed E-state index contributed by atoms with van der Waals surface area (Å²) in [5, 5.41) is 5.01. The summed E-state index contributed by atoms with van der Waals surface area (Å²) < 4.78 is 0.835. The molecule has 0 bridgehead atoms. The Kier molecular flexibility index (Phi) is 5.36. The maximum absolute atomic E-state index is 12.1. The lowest BCUT2D eigenvalue weighted by Gasteiger charge is -2.34. The number of halogens is 1. The van der Waals surface area contributed by atoms with Gasteiger partial charge < -0.3 is 10.2 Å². The molecule has 0 saturated carbocycles. The third kappa shape index (κ3) is 4.23. The normalized spacial score (nSPS) is 16.0. The van der Waals surface area contributed by atoms with Crippen molar-refractivity contribution in [3.63, 3.8) is 0 Å². The molecule has 0 atom stereocenters. The van der Waals surface area contributed by atoms with E-state index >= 15 is 0 Å². The summed E-state index contributed by atoms with van der Waals surface area (Å²) in [5.41, 5.74) is 0. The average molecular weight is 356 g/mol. The van der Waals surface area contributed by atoms with Crippen LogP contribution in [0.15, 0.2) is 29.6 Å². The molecule has 7 heteroatoms. The highest BCUT2D eigenvalue weighted by Gasteiger charge is 2.21. The molecule has 0 radical (unpaired) electrons. The van der Waals surface area contributed by atoms with Gasteiger partial charge >= 0.3 is 6.03 Å². The van der Waals surface area contributed by atoms with Crippen molar-refractivity contribution >= 4 is 40.3 Å². The van der Waals surface area contributed by atoms with Crippen LogP contribution in [0.3, 0.4) is 0 Å². The molecule has 1 aliphatic heterocycles. The number of carbonyl (C=O) groups excluding carboxylic acids is 1. The van der Waals surface area contributed by atoms with Crippen LogP contribution in [0.1, 0.15) is 9.75 Å².